The van der Waals surface area contributed by atoms with E-state index in [9.17, 15) is 31.2 Å². The molecule has 0 spiro atoms. The maximum absolute atomic E-state index is 14.9. The Morgan fingerprint density at radius 1 is 1.04 bits per heavy atom. The van der Waals surface area contributed by atoms with E-state index in [0.717, 1.165) is 11.3 Å². The van der Waals surface area contributed by atoms with Crippen LogP contribution in [0.1, 0.15) is 56.7 Å². The number of benzene rings is 3. The van der Waals surface area contributed by atoms with E-state index in [1.165, 1.54) is 49.6 Å². The maximum atomic E-state index is 14.9. The molecule has 1 fully saturated rings. The van der Waals surface area contributed by atoms with Crippen molar-refractivity contribution < 1.29 is 45.4 Å². The number of nitrogens with two attached hydrogens (primary N) is 1. The Balaban J connectivity index is 1.71. The number of nitrogen functional groups attached to an aromatic ring is 1. The van der Waals surface area contributed by atoms with Gasteiger partial charge in [0.25, 0.3) is 11.6 Å². The molecule has 52 heavy (non-hydrogen) atoms. The molecule has 1 aliphatic rings. The number of carbonyl (C=O) groups is 2. The van der Waals surface area contributed by atoms with Crippen molar-refractivity contribution in [3.05, 3.63) is 83.6 Å². The number of esters is 1. The van der Waals surface area contributed by atoms with Gasteiger partial charge < -0.3 is 30.2 Å². The van der Waals surface area contributed by atoms with Gasteiger partial charge in [0.2, 0.25) is 0 Å². The van der Waals surface area contributed by atoms with Gasteiger partial charge in [-0.2, -0.15) is 13.2 Å². The first-order valence-electron chi connectivity index (χ1n) is 16.7. The average Bonchev–Trinajstić information content (AvgIpc) is 3.05. The molecule has 1 amide bonds. The van der Waals surface area contributed by atoms with E-state index in [1.54, 1.807) is 52.0 Å². The summed E-state index contributed by atoms with van der Waals surface area (Å²) in [7, 11) is -2.49. The van der Waals surface area contributed by atoms with Crippen LogP contribution in [0.5, 0.6) is 11.5 Å². The predicted octanol–water partition coefficient (Wildman–Crippen LogP) is 6.67. The molecule has 5 rings (SSSR count). The minimum Gasteiger partial charge on any atom is -0.490 e. The minimum absolute atomic E-state index is 0.00946. The van der Waals surface area contributed by atoms with Crippen molar-refractivity contribution in [3.63, 3.8) is 0 Å². The van der Waals surface area contributed by atoms with Crippen molar-refractivity contribution >= 4 is 44.0 Å². The number of hydrogen-bond acceptors (Lipinski definition) is 10. The largest absolute Gasteiger partial charge is 0.491 e. The molecule has 1 heterocycles. The number of fused-ring (bicyclic) bond motifs is 1. The number of aryl methyl sites for hydroxylation is 1. The number of halogens is 3. The zero-order chi connectivity index (χ0) is 38.0. The fourth-order valence-electron chi connectivity index (χ4n) is 5.97. The van der Waals surface area contributed by atoms with Gasteiger partial charge in [0.05, 0.1) is 22.9 Å². The minimum atomic E-state index is -5.52. The standard InChI is InChI=1S/C37H41F3N4O7S/c1-6-49-31-18-25(14-17-30(31)50-22(2)3)36(51-35(46)37(38,39)40,43-26-15-16-28-29(19-26)23(4)20-42-33(28)41)34(45)44(5)21-24-10-7-8-13-32(24)52(47,48)27-11-9-12-27/h7-8,10,13-20,22,27,43H,6,9,11-12,21H2,1-5H3,(H2,41,42). The number of nitrogens with one attached hydrogen (secondary N) is 1. The lowest BCUT2D eigenvalue weighted by Gasteiger charge is -2.37. The first-order chi connectivity index (χ1) is 24.5. The number of nitrogens with zero attached hydrogens (tertiary/aromatic N) is 2. The number of amides is 1. The number of alkyl halides is 3. The average molecular weight is 743 g/mol. The highest BCUT2D eigenvalue weighted by molar-refractivity contribution is 7.92. The number of rotatable bonds is 13. The molecule has 1 saturated carbocycles. The summed E-state index contributed by atoms with van der Waals surface area (Å²) in [5.74, 6) is -3.29. The lowest BCUT2D eigenvalue weighted by Crippen LogP contribution is -2.54. The van der Waals surface area contributed by atoms with Crippen LogP contribution in [0.15, 0.2) is 71.8 Å². The summed E-state index contributed by atoms with van der Waals surface area (Å²) >= 11 is 0. The third kappa shape index (κ3) is 7.73. The van der Waals surface area contributed by atoms with Gasteiger partial charge in [0.1, 0.15) is 5.82 Å². The van der Waals surface area contributed by atoms with Crippen LogP contribution in [0.3, 0.4) is 0 Å². The van der Waals surface area contributed by atoms with Gasteiger partial charge in [-0.1, -0.05) is 24.6 Å². The quantitative estimate of drug-likeness (QED) is 0.112. The molecule has 0 radical (unpaired) electrons. The molecule has 3 N–H and O–H groups in total. The maximum Gasteiger partial charge on any atom is 0.491 e. The smallest absolute Gasteiger partial charge is 0.490 e. The van der Waals surface area contributed by atoms with Gasteiger partial charge in [-0.3, -0.25) is 4.79 Å². The second-order valence-electron chi connectivity index (χ2n) is 12.9. The fraction of sp³-hybridized carbons (Fsp3) is 0.378. The number of ether oxygens (including phenoxy) is 3. The normalized spacial score (nSPS) is 14.7. The Hall–Kier alpha value is -5.05. The fourth-order valence-corrected chi connectivity index (χ4v) is 8.05. The van der Waals surface area contributed by atoms with E-state index in [-0.39, 0.29) is 58.3 Å². The zero-order valence-electron chi connectivity index (χ0n) is 29.4. The Labute approximate surface area is 300 Å². The van der Waals surface area contributed by atoms with Crippen LogP contribution in [0.2, 0.25) is 0 Å². The number of likely N-dealkylation sites (N-methyl/N-ethyl adjacent to an activating group) is 1. The van der Waals surface area contributed by atoms with Crippen molar-refractivity contribution in [2.45, 2.75) is 81.7 Å². The van der Waals surface area contributed by atoms with Crippen LogP contribution >= 0.6 is 0 Å². The van der Waals surface area contributed by atoms with Gasteiger partial charge in [-0.15, -0.1) is 0 Å². The van der Waals surface area contributed by atoms with Gasteiger partial charge in [0.15, 0.2) is 21.3 Å². The van der Waals surface area contributed by atoms with Crippen molar-refractivity contribution in [1.29, 1.82) is 0 Å². The number of hydrogen-bond donors (Lipinski definition) is 2. The second-order valence-corrected chi connectivity index (χ2v) is 15.1. The molecule has 1 unspecified atom stereocenters. The molecule has 3 aromatic carbocycles. The molecular formula is C37H41F3N4O7S. The molecular weight excluding hydrogens is 701 g/mol. The summed E-state index contributed by atoms with van der Waals surface area (Å²) in [5, 5.41) is 3.36. The van der Waals surface area contributed by atoms with Crippen LogP contribution in [0.25, 0.3) is 10.8 Å². The molecule has 1 aromatic heterocycles. The highest BCUT2D eigenvalue weighted by Gasteiger charge is 2.53. The highest BCUT2D eigenvalue weighted by Crippen LogP contribution is 2.40. The SMILES string of the molecule is CCOc1cc(C(Nc2ccc3c(N)ncc(C)c3c2)(OC(=O)C(F)(F)F)C(=O)N(C)Cc2ccccc2S(=O)(=O)C2CCC2)ccc1OC(C)C. The Bertz CT molecular complexity index is 2090. The van der Waals surface area contributed by atoms with Crippen LogP contribution < -0.4 is 20.5 Å². The summed E-state index contributed by atoms with van der Waals surface area (Å²) in [6.07, 6.45) is -2.55. The predicted molar refractivity (Wildman–Crippen MR) is 189 cm³/mol. The number of aromatic nitrogens is 1. The summed E-state index contributed by atoms with van der Waals surface area (Å²) in [6.45, 7) is 6.75. The summed E-state index contributed by atoms with van der Waals surface area (Å²) in [6, 6.07) is 14.7. The number of sulfone groups is 1. The number of carbonyl (C=O) groups excluding carboxylic acids is 2. The second kappa shape index (κ2) is 14.9. The van der Waals surface area contributed by atoms with E-state index < -0.39 is 38.9 Å². The summed E-state index contributed by atoms with van der Waals surface area (Å²) < 4.78 is 86.2. The van der Waals surface area contributed by atoms with Crippen molar-refractivity contribution in [2.75, 3.05) is 24.7 Å². The van der Waals surface area contributed by atoms with E-state index in [2.05, 4.69) is 10.3 Å². The third-order valence-electron chi connectivity index (χ3n) is 8.75. The van der Waals surface area contributed by atoms with E-state index >= 15 is 0 Å². The summed E-state index contributed by atoms with van der Waals surface area (Å²) in [5.41, 5.74) is 3.96. The van der Waals surface area contributed by atoms with Crippen molar-refractivity contribution in [2.24, 2.45) is 0 Å². The molecule has 0 bridgehead atoms. The molecule has 15 heteroatoms. The molecule has 278 valence electrons. The molecule has 4 aromatic rings. The molecule has 0 saturated heterocycles. The monoisotopic (exact) mass is 742 g/mol. The third-order valence-corrected chi connectivity index (χ3v) is 11.1. The van der Waals surface area contributed by atoms with Gasteiger partial charge in [-0.25, -0.2) is 18.2 Å². The number of pyridine rings is 1. The van der Waals surface area contributed by atoms with Crippen molar-refractivity contribution in [3.8, 4) is 11.5 Å². The summed E-state index contributed by atoms with van der Waals surface area (Å²) in [4.78, 5) is 32.9. The lowest BCUT2D eigenvalue weighted by molar-refractivity contribution is -0.215. The highest BCUT2D eigenvalue weighted by atomic mass is 32.2. The van der Waals surface area contributed by atoms with Gasteiger partial charge >= 0.3 is 12.1 Å². The Kier molecular flexibility index (Phi) is 10.9. The first-order valence-corrected chi connectivity index (χ1v) is 18.3. The van der Waals surface area contributed by atoms with Crippen LogP contribution in [-0.2, 0) is 36.4 Å². The van der Waals surface area contributed by atoms with Crippen molar-refractivity contribution in [1.82, 2.24) is 9.88 Å². The number of anilines is 2. The molecule has 11 nitrogen and oxygen atoms in total. The van der Waals surface area contributed by atoms with E-state index in [0.29, 0.717) is 29.2 Å². The van der Waals surface area contributed by atoms with Crippen LogP contribution in [-0.4, -0.2) is 61.4 Å². The zero-order valence-corrected chi connectivity index (χ0v) is 30.2. The molecule has 0 aliphatic heterocycles. The molecule has 1 atom stereocenters. The Morgan fingerprint density at radius 3 is 2.38 bits per heavy atom. The van der Waals surface area contributed by atoms with Crippen LogP contribution in [0, 0.1) is 6.92 Å². The lowest BCUT2D eigenvalue weighted by atomic mass is 9.98. The van der Waals surface area contributed by atoms with E-state index in [1.807, 2.05) is 0 Å². The first kappa shape index (κ1) is 38.2. The topological polar surface area (TPSA) is 150 Å². The Morgan fingerprint density at radius 2 is 1.75 bits per heavy atom. The van der Waals surface area contributed by atoms with E-state index in [4.69, 9.17) is 19.9 Å². The molecule has 1 aliphatic carbocycles. The van der Waals surface area contributed by atoms with Crippen LogP contribution in [0.4, 0.5) is 24.7 Å². The van der Waals surface area contributed by atoms with Gasteiger partial charge in [-0.05, 0) is 99.5 Å². The van der Waals surface area contributed by atoms with Gasteiger partial charge in [0, 0.05) is 36.4 Å².